The zero-order valence-corrected chi connectivity index (χ0v) is 37.9. The van der Waals surface area contributed by atoms with Gasteiger partial charge in [0.1, 0.15) is 11.5 Å². The van der Waals surface area contributed by atoms with Crippen LogP contribution in [0.1, 0.15) is 119 Å². The zero-order chi connectivity index (χ0) is 41.8. The molecule has 56 heavy (non-hydrogen) atoms. The van der Waals surface area contributed by atoms with Gasteiger partial charge in [0.05, 0.1) is 14.2 Å². The maximum Gasteiger partial charge on any atom is -0.0128 e. The molecule has 3 N–H and O–H groups in total. The topological polar surface area (TPSA) is 152 Å². The summed E-state index contributed by atoms with van der Waals surface area (Å²) in [6.45, 7) is 27.9. The number of non-ortho nitro benzene ring substituents is 1. The van der Waals surface area contributed by atoms with Crippen molar-refractivity contribution in [3.05, 3.63) is 57.2 Å². The van der Waals surface area contributed by atoms with Crippen LogP contribution in [0.2, 0.25) is 0 Å². The number of methoxy groups -OCH3 is 2. The van der Waals surface area contributed by atoms with Crippen molar-refractivity contribution < 1.29 is 23.9 Å². The zero-order valence-electron chi connectivity index (χ0n) is 36.1. The summed E-state index contributed by atoms with van der Waals surface area (Å²) >= 11 is -0.439. The Morgan fingerprint density at radius 3 is 2.11 bits per heavy atom. The van der Waals surface area contributed by atoms with Crippen LogP contribution in [0.25, 0.3) is 11.0 Å². The first-order chi connectivity index (χ1) is 25.8. The molecule has 3 aliphatic carbocycles. The molecule has 1 aromatic heterocycles. The molecule has 1 amide bonds. The number of ether oxygens (including phenoxy) is 3. The standard InChI is InChI=1S/C44H65N5O6Se/c1-39(2,24-45)23-42(7,8)44(11,12)27-18-33(53-13)35(34(19-27)54-14)28-17-26(29-20-30(28)43(29,9)10)21-46-38(50)41(5,6)22-40(3,4)25-55-32-16-15-31(49(51)52)36-37(32)48-56-47-36/h15-19,28-30H,20-25,45H2,1-14H3,(H,46,50). The van der Waals surface area contributed by atoms with Crippen molar-refractivity contribution in [1.82, 2.24) is 13.3 Å². The summed E-state index contributed by atoms with van der Waals surface area (Å²) in [5.74, 6) is 2.98. The van der Waals surface area contributed by atoms with E-state index < -0.39 is 30.7 Å². The fourth-order valence-electron chi connectivity index (χ4n) is 9.75. The second-order valence-corrected chi connectivity index (χ2v) is 21.4. The number of benzene rings is 2. The molecule has 6 rings (SSSR count). The SMILES string of the molecule is COc1cc(C(C)(C)C(C)(C)CC(C)(C)CN)cc(OC)c1C1C=C(CNC(=O)C(C)(C)CC(C)(C)COc2ccc([N+](=O)[O-])c3n[se]nc23)C2CC1C2(C)C. The van der Waals surface area contributed by atoms with Crippen LogP contribution in [0, 0.1) is 49.0 Å². The smallest absolute Gasteiger partial charge is 0.0128 e. The Hall–Kier alpha value is -3.47. The van der Waals surface area contributed by atoms with Gasteiger partial charge < -0.3 is 15.2 Å². The number of allylic oxidation sites excluding steroid dienone is 1. The number of nitro benzene ring substituents is 1. The van der Waals surface area contributed by atoms with E-state index in [-0.39, 0.29) is 44.7 Å². The average molecular weight is 839 g/mol. The van der Waals surface area contributed by atoms with E-state index in [9.17, 15) is 14.9 Å². The first-order valence-electron chi connectivity index (χ1n) is 19.8. The molecule has 3 aliphatic rings. The van der Waals surface area contributed by atoms with E-state index in [1.807, 2.05) is 13.8 Å². The molecule has 0 radical (unpaired) electrons. The molecule has 11 nitrogen and oxygen atoms in total. The number of amides is 1. The van der Waals surface area contributed by atoms with Gasteiger partial charge in [0.2, 0.25) is 0 Å². The normalized spacial score (nSPS) is 19.9. The van der Waals surface area contributed by atoms with Crippen LogP contribution in [-0.4, -0.2) is 67.7 Å². The third-order valence-corrected chi connectivity index (χ3v) is 14.7. The fraction of sp³-hybridized carbons (Fsp3) is 0.659. The maximum atomic E-state index is 14.0. The number of nitro groups is 1. The molecule has 2 aromatic carbocycles. The predicted octanol–water partition coefficient (Wildman–Crippen LogP) is 8.61. The number of hydrogen-bond donors (Lipinski definition) is 2. The molecule has 1 heterocycles. The molecule has 2 bridgehead atoms. The minimum absolute atomic E-state index is 0.00535. The van der Waals surface area contributed by atoms with Crippen LogP contribution in [0.15, 0.2) is 35.9 Å². The number of aromatic nitrogens is 2. The molecule has 308 valence electrons. The van der Waals surface area contributed by atoms with Crippen molar-refractivity contribution in [2.45, 2.75) is 114 Å². The van der Waals surface area contributed by atoms with Gasteiger partial charge >= 0.3 is 157 Å². The van der Waals surface area contributed by atoms with Crippen LogP contribution < -0.4 is 25.3 Å². The molecular weight excluding hydrogens is 773 g/mol. The maximum absolute atomic E-state index is 14.0. The van der Waals surface area contributed by atoms with E-state index in [4.69, 9.17) is 19.9 Å². The van der Waals surface area contributed by atoms with E-state index in [1.165, 1.54) is 17.2 Å². The number of nitrogens with two attached hydrogens (primary N) is 1. The Morgan fingerprint density at radius 2 is 1.55 bits per heavy atom. The summed E-state index contributed by atoms with van der Waals surface area (Å²) in [7, 11) is 3.50. The Bertz CT molecular complexity index is 1970. The van der Waals surface area contributed by atoms with E-state index in [2.05, 4.69) is 101 Å². The number of rotatable bonds is 17. The second kappa shape index (κ2) is 15.4. The molecule has 3 unspecified atom stereocenters. The first kappa shape index (κ1) is 43.6. The number of carbonyl (C=O) groups is 1. The molecule has 0 aliphatic heterocycles. The Balaban J connectivity index is 1.34. The van der Waals surface area contributed by atoms with Crippen LogP contribution >= 0.6 is 0 Å². The van der Waals surface area contributed by atoms with Crippen molar-refractivity contribution in [3.63, 3.8) is 0 Å². The van der Waals surface area contributed by atoms with E-state index in [1.54, 1.807) is 20.3 Å². The average Bonchev–Trinajstić information content (AvgIpc) is 3.61. The van der Waals surface area contributed by atoms with Crippen molar-refractivity contribution in [2.75, 3.05) is 33.9 Å². The van der Waals surface area contributed by atoms with Crippen molar-refractivity contribution >= 4 is 37.6 Å². The number of fused-ring (bicyclic) bond motifs is 2. The molecule has 0 saturated heterocycles. The molecule has 1 saturated carbocycles. The number of nitrogens with zero attached hydrogens (tertiary/aromatic N) is 3. The minimum atomic E-state index is -0.693. The van der Waals surface area contributed by atoms with Gasteiger partial charge in [-0.3, -0.25) is 0 Å². The molecule has 3 aromatic rings. The Labute approximate surface area is 340 Å². The molecular formula is C44H65N5O6Se. The summed E-state index contributed by atoms with van der Waals surface area (Å²) in [5, 5.41) is 14.8. The largest absolute Gasteiger partial charge is 0.0590 e. The number of carbonyl (C=O) groups excluding carboxylic acids is 1. The van der Waals surface area contributed by atoms with E-state index in [0.29, 0.717) is 49.2 Å². The first-order valence-corrected chi connectivity index (χ1v) is 21.3. The van der Waals surface area contributed by atoms with Crippen LogP contribution in [0.5, 0.6) is 17.2 Å². The fourth-order valence-corrected chi connectivity index (χ4v) is 10.9. The number of nitrogens with one attached hydrogen (secondary N) is 1. The van der Waals surface area contributed by atoms with Gasteiger partial charge in [0.25, 0.3) is 0 Å². The van der Waals surface area contributed by atoms with Gasteiger partial charge in [-0.05, 0) is 70.6 Å². The second-order valence-electron chi connectivity index (χ2n) is 20.3. The molecule has 0 spiro atoms. The summed E-state index contributed by atoms with van der Waals surface area (Å²) in [4.78, 5) is 25.0. The summed E-state index contributed by atoms with van der Waals surface area (Å²) in [6, 6.07) is 7.45. The number of hydrogen-bond acceptors (Lipinski definition) is 9. The third kappa shape index (κ3) is 8.26. The molecule has 12 heteroatoms. The molecule has 3 atom stereocenters. The monoisotopic (exact) mass is 839 g/mol. The van der Waals surface area contributed by atoms with Crippen LogP contribution in [0.4, 0.5) is 5.69 Å². The summed E-state index contributed by atoms with van der Waals surface area (Å²) in [5.41, 5.74) is 9.01. The van der Waals surface area contributed by atoms with E-state index >= 15 is 0 Å². The van der Waals surface area contributed by atoms with Crippen molar-refractivity contribution in [2.24, 2.45) is 44.6 Å². The van der Waals surface area contributed by atoms with Crippen molar-refractivity contribution in [3.8, 4) is 17.2 Å². The van der Waals surface area contributed by atoms with Gasteiger partial charge in [0.15, 0.2) is 0 Å². The van der Waals surface area contributed by atoms with E-state index in [0.717, 1.165) is 29.9 Å². The Morgan fingerprint density at radius 1 is 0.946 bits per heavy atom. The quantitative estimate of drug-likeness (QED) is 0.0589. The minimum Gasteiger partial charge on any atom is -0.0590 e. The summed E-state index contributed by atoms with van der Waals surface area (Å²) in [6.07, 6.45) is 4.94. The van der Waals surface area contributed by atoms with Gasteiger partial charge in [-0.2, -0.15) is 0 Å². The van der Waals surface area contributed by atoms with Gasteiger partial charge in [-0.25, -0.2) is 0 Å². The van der Waals surface area contributed by atoms with Gasteiger partial charge in [-0.15, -0.1) is 0 Å². The third-order valence-electron chi connectivity index (χ3n) is 13.5. The van der Waals surface area contributed by atoms with Crippen LogP contribution in [0.3, 0.4) is 0 Å². The van der Waals surface area contributed by atoms with Gasteiger partial charge in [-0.1, -0.05) is 61.5 Å². The van der Waals surface area contributed by atoms with Gasteiger partial charge in [0, 0.05) is 11.5 Å². The summed E-state index contributed by atoms with van der Waals surface area (Å²) < 4.78 is 27.3. The molecule has 1 fully saturated rings. The van der Waals surface area contributed by atoms with Crippen LogP contribution in [-0.2, 0) is 10.2 Å². The Kier molecular flexibility index (Phi) is 12.0. The predicted molar refractivity (Wildman–Crippen MR) is 224 cm³/mol. The van der Waals surface area contributed by atoms with Crippen molar-refractivity contribution in [1.29, 1.82) is 0 Å².